The maximum atomic E-state index is 7.34. The van der Waals surface area contributed by atoms with Gasteiger partial charge in [0.25, 0.3) is 0 Å². The molecule has 4 heteroatoms. The lowest BCUT2D eigenvalue weighted by atomic mass is 9.42. The van der Waals surface area contributed by atoms with Crippen molar-refractivity contribution in [1.29, 1.82) is 0 Å². The zero-order valence-corrected chi connectivity index (χ0v) is 45.2. The molecule has 0 amide bonds. The Hall–Kier alpha value is -6.00. The zero-order valence-electron chi connectivity index (χ0n) is 45.2. The summed E-state index contributed by atoms with van der Waals surface area (Å²) in [6.07, 6.45) is 8.23. The molecule has 0 saturated carbocycles. The first-order valence-electron chi connectivity index (χ1n) is 27.4. The summed E-state index contributed by atoms with van der Waals surface area (Å²) >= 11 is 0. The SMILES string of the molecule is Cc1cc2c(cc1N1c3cc4c(c5c3B(c3ccc6c(oc7ccccc76)c31)N(c1ccc3c(c1)C(C)(C)CCC3(C)C)c1cc3c(cc1-5)C(C)(C)CCC3(C)C)-c1ccccc1C4(C)C)C(C)(C)CCC2. The lowest BCUT2D eigenvalue weighted by molar-refractivity contribution is 0.332. The number of hydrogen-bond acceptors (Lipinski definition) is 3. The van der Waals surface area contributed by atoms with E-state index in [1.165, 1.54) is 143 Å². The van der Waals surface area contributed by atoms with Gasteiger partial charge in [0.2, 0.25) is 0 Å². The molecule has 6 aliphatic rings. The van der Waals surface area contributed by atoms with Gasteiger partial charge in [-0.05, 0) is 199 Å². The molecule has 0 bridgehead atoms. The van der Waals surface area contributed by atoms with Crippen LogP contribution < -0.4 is 20.6 Å². The van der Waals surface area contributed by atoms with E-state index in [-0.39, 0.29) is 39.3 Å². The summed E-state index contributed by atoms with van der Waals surface area (Å²) in [5.41, 5.74) is 29.6. The third kappa shape index (κ3) is 5.82. The van der Waals surface area contributed by atoms with Gasteiger partial charge in [0.15, 0.2) is 5.58 Å². The minimum atomic E-state index is -0.235. The van der Waals surface area contributed by atoms with Crippen LogP contribution in [0.4, 0.5) is 28.4 Å². The van der Waals surface area contributed by atoms with Gasteiger partial charge in [-0.3, -0.25) is 0 Å². The Morgan fingerprint density at radius 1 is 0.486 bits per heavy atom. The molecule has 0 fully saturated rings. The summed E-state index contributed by atoms with van der Waals surface area (Å²) in [5.74, 6) is 0. The second kappa shape index (κ2) is 14.2. The molecule has 3 heterocycles. The van der Waals surface area contributed by atoms with Gasteiger partial charge in [0.1, 0.15) is 5.58 Å². The molecule has 1 aromatic heterocycles. The van der Waals surface area contributed by atoms with Gasteiger partial charge in [0.05, 0.1) is 5.69 Å². The molecule has 0 N–H and O–H groups in total. The quantitative estimate of drug-likeness (QED) is 0.161. The molecule has 7 aromatic carbocycles. The van der Waals surface area contributed by atoms with Gasteiger partial charge in [-0.15, -0.1) is 0 Å². The van der Waals surface area contributed by atoms with Crippen LogP contribution in [0.15, 0.2) is 114 Å². The maximum absolute atomic E-state index is 7.34. The van der Waals surface area contributed by atoms with Crippen molar-refractivity contribution in [2.24, 2.45) is 0 Å². The van der Waals surface area contributed by atoms with Crippen molar-refractivity contribution in [3.05, 3.63) is 159 Å². The fourth-order valence-electron chi connectivity index (χ4n) is 15.5. The number of para-hydroxylation sites is 1. The molecule has 2 aliphatic heterocycles. The summed E-state index contributed by atoms with van der Waals surface area (Å²) in [7, 11) is 0. The lowest BCUT2D eigenvalue weighted by Crippen LogP contribution is -2.62. The van der Waals surface area contributed by atoms with Gasteiger partial charge in [0, 0.05) is 44.5 Å². The third-order valence-corrected chi connectivity index (χ3v) is 20.0. The van der Waals surface area contributed by atoms with E-state index < -0.39 is 0 Å². The van der Waals surface area contributed by atoms with Crippen LogP contribution in [0.25, 0.3) is 44.2 Å². The van der Waals surface area contributed by atoms with E-state index in [9.17, 15) is 0 Å². The minimum absolute atomic E-state index is 0.0194. The Balaban J connectivity index is 1.19. The van der Waals surface area contributed by atoms with Gasteiger partial charge < -0.3 is 14.1 Å². The number of anilines is 5. The molecule has 0 atom stereocenters. The summed E-state index contributed by atoms with van der Waals surface area (Å²) in [5, 5.41) is 2.33. The van der Waals surface area contributed by atoms with E-state index in [1.54, 1.807) is 0 Å². The number of rotatable bonds is 2. The Morgan fingerprint density at radius 3 is 1.86 bits per heavy atom. The number of nitrogens with zero attached hydrogens (tertiary/aromatic N) is 2. The van der Waals surface area contributed by atoms with Crippen molar-refractivity contribution >= 4 is 68.1 Å². The van der Waals surface area contributed by atoms with Gasteiger partial charge >= 0.3 is 6.85 Å². The first-order valence-corrected chi connectivity index (χ1v) is 27.4. The Kier molecular flexibility index (Phi) is 8.80. The summed E-state index contributed by atoms with van der Waals surface area (Å²) in [4.78, 5) is 5.53. The minimum Gasteiger partial charge on any atom is -0.454 e. The number of furan rings is 1. The second-order valence-corrected chi connectivity index (χ2v) is 27.1. The molecule has 72 heavy (non-hydrogen) atoms. The number of aryl methyl sites for hydroxylation is 2. The van der Waals surface area contributed by atoms with Crippen LogP contribution in [0, 0.1) is 6.92 Å². The highest BCUT2D eigenvalue weighted by molar-refractivity contribution is 6.94. The van der Waals surface area contributed by atoms with Crippen molar-refractivity contribution < 1.29 is 4.42 Å². The number of benzene rings is 7. The van der Waals surface area contributed by atoms with Gasteiger partial charge in [-0.25, -0.2) is 0 Å². The molecule has 0 spiro atoms. The van der Waals surface area contributed by atoms with Crippen LogP contribution in [0.3, 0.4) is 0 Å². The summed E-state index contributed by atoms with van der Waals surface area (Å²) in [6.45, 7) is 32.0. The Bertz CT molecular complexity index is 3720. The van der Waals surface area contributed by atoms with E-state index >= 15 is 0 Å². The van der Waals surface area contributed by atoms with E-state index in [0.717, 1.165) is 35.8 Å². The van der Waals surface area contributed by atoms with E-state index in [0.29, 0.717) is 0 Å². The second-order valence-electron chi connectivity index (χ2n) is 27.1. The van der Waals surface area contributed by atoms with E-state index in [2.05, 4.69) is 209 Å². The standard InChI is InChI=1S/C68H71BN2O/c1-39-33-40-19-18-28-63(2,3)48(40)36-54(39)70-56-38-52-58(44-21-14-16-22-46(44)68(52,12)13)59-45-35-50-51(67(10,11)32-31-66(50,8)9)37-55(45)71(41-24-26-47-49(34-41)65(6,7)30-29-64(47,4)5)69(60(56)59)53-27-25-43-42-20-15-17-23-57(42)72-62(43)61(53)70/h14-17,20-27,33-38H,18-19,28-32H2,1-13H3. The Morgan fingerprint density at radius 2 is 1.11 bits per heavy atom. The molecular weight excluding hydrogens is 872 g/mol. The van der Waals surface area contributed by atoms with Crippen LogP contribution in [0.5, 0.6) is 0 Å². The normalized spacial score (nSPS) is 20.5. The fourth-order valence-corrected chi connectivity index (χ4v) is 15.5. The molecular formula is C68H71BN2O. The molecule has 0 radical (unpaired) electrons. The van der Waals surface area contributed by atoms with E-state index in [1.807, 2.05) is 0 Å². The highest BCUT2D eigenvalue weighted by Crippen LogP contribution is 2.61. The lowest BCUT2D eigenvalue weighted by Gasteiger charge is -2.49. The first kappa shape index (κ1) is 44.7. The average Bonchev–Trinajstić information content (AvgIpc) is 3.83. The van der Waals surface area contributed by atoms with Crippen molar-refractivity contribution in [2.75, 3.05) is 9.71 Å². The smallest absolute Gasteiger partial charge is 0.333 e. The largest absolute Gasteiger partial charge is 0.454 e. The highest BCUT2D eigenvalue weighted by Gasteiger charge is 2.52. The summed E-state index contributed by atoms with van der Waals surface area (Å²) in [6, 6.07) is 43.8. The van der Waals surface area contributed by atoms with Crippen LogP contribution in [0.1, 0.15) is 172 Å². The first-order chi connectivity index (χ1) is 34.1. The average molecular weight is 943 g/mol. The van der Waals surface area contributed by atoms with Crippen LogP contribution in [0.2, 0.25) is 0 Å². The fraction of sp³-hybridized carbons (Fsp3) is 0.382. The molecule has 0 unspecified atom stereocenters. The molecule has 14 rings (SSSR count). The van der Waals surface area contributed by atoms with Crippen molar-refractivity contribution in [3.63, 3.8) is 0 Å². The maximum Gasteiger partial charge on any atom is 0.333 e. The zero-order chi connectivity index (χ0) is 50.0. The van der Waals surface area contributed by atoms with Crippen molar-refractivity contribution in [1.82, 2.24) is 0 Å². The molecule has 3 nitrogen and oxygen atoms in total. The summed E-state index contributed by atoms with van der Waals surface area (Å²) < 4.78 is 7.34. The van der Waals surface area contributed by atoms with Crippen molar-refractivity contribution in [2.45, 2.75) is 167 Å². The Labute approximate surface area is 429 Å². The van der Waals surface area contributed by atoms with E-state index in [4.69, 9.17) is 4.42 Å². The highest BCUT2D eigenvalue weighted by atomic mass is 16.3. The van der Waals surface area contributed by atoms with Gasteiger partial charge in [-0.2, -0.15) is 0 Å². The predicted octanol–water partition coefficient (Wildman–Crippen LogP) is 17.2. The predicted molar refractivity (Wildman–Crippen MR) is 306 cm³/mol. The van der Waals surface area contributed by atoms with Crippen LogP contribution in [-0.4, -0.2) is 6.85 Å². The third-order valence-electron chi connectivity index (χ3n) is 20.0. The molecule has 0 saturated heterocycles. The van der Waals surface area contributed by atoms with Crippen molar-refractivity contribution in [3.8, 4) is 22.3 Å². The number of hydrogen-bond donors (Lipinski definition) is 0. The number of fused-ring (bicyclic) bond motifs is 15. The molecule has 8 aromatic rings. The molecule has 4 aliphatic carbocycles. The molecule has 362 valence electrons. The van der Waals surface area contributed by atoms with Crippen LogP contribution in [-0.2, 0) is 38.9 Å². The van der Waals surface area contributed by atoms with Crippen LogP contribution >= 0.6 is 0 Å². The van der Waals surface area contributed by atoms with Gasteiger partial charge in [-0.1, -0.05) is 150 Å². The monoisotopic (exact) mass is 943 g/mol. The topological polar surface area (TPSA) is 19.6 Å².